The molecule has 152 valence electrons. The number of alkyl carbamates (subject to hydrolysis) is 1. The molecule has 29 heavy (non-hydrogen) atoms. The summed E-state index contributed by atoms with van der Waals surface area (Å²) in [6, 6.07) is 8.23. The highest BCUT2D eigenvalue weighted by molar-refractivity contribution is 6.31. The van der Waals surface area contributed by atoms with Crippen molar-refractivity contribution in [2.75, 3.05) is 4.90 Å². The number of hydrogen-bond donors (Lipinski definition) is 1. The summed E-state index contributed by atoms with van der Waals surface area (Å²) in [7, 11) is 0. The molecule has 1 N–H and O–H groups in total. The number of rotatable bonds is 2. The molecular formula is C21H20ClFN2O4. The van der Waals surface area contributed by atoms with Crippen molar-refractivity contribution in [2.24, 2.45) is 0 Å². The lowest BCUT2D eigenvalue weighted by Crippen LogP contribution is -2.52. The molecule has 2 aromatic carbocycles. The second-order valence-electron chi connectivity index (χ2n) is 7.32. The van der Waals surface area contributed by atoms with Crippen molar-refractivity contribution in [2.45, 2.75) is 44.9 Å². The minimum atomic E-state index is -0.665. The van der Waals surface area contributed by atoms with E-state index in [1.807, 2.05) is 0 Å². The summed E-state index contributed by atoms with van der Waals surface area (Å²) in [6.07, 6.45) is -0.287. The van der Waals surface area contributed by atoms with E-state index in [1.54, 1.807) is 44.2 Å². The third kappa shape index (κ3) is 3.62. The topological polar surface area (TPSA) is 67.9 Å². The largest absolute Gasteiger partial charge is 0.452 e. The molecule has 0 aliphatic carbocycles. The highest BCUT2D eigenvalue weighted by atomic mass is 35.5. The Labute approximate surface area is 172 Å². The van der Waals surface area contributed by atoms with Gasteiger partial charge in [-0.25, -0.2) is 9.18 Å². The molecule has 8 heteroatoms. The molecule has 0 unspecified atom stereocenters. The van der Waals surface area contributed by atoms with Crippen LogP contribution in [0, 0.1) is 5.82 Å². The molecule has 1 saturated heterocycles. The van der Waals surface area contributed by atoms with E-state index < -0.39 is 24.0 Å². The highest BCUT2D eigenvalue weighted by Gasteiger charge is 2.43. The predicted octanol–water partition coefficient (Wildman–Crippen LogP) is 4.96. The van der Waals surface area contributed by atoms with Crippen molar-refractivity contribution >= 4 is 29.3 Å². The van der Waals surface area contributed by atoms with Crippen LogP contribution in [-0.4, -0.2) is 24.1 Å². The number of halogens is 2. The number of carbonyl (C=O) groups excluding carboxylic acids is 2. The fourth-order valence-corrected chi connectivity index (χ4v) is 3.99. The lowest BCUT2D eigenvalue weighted by Gasteiger charge is -2.40. The lowest BCUT2D eigenvalue weighted by molar-refractivity contribution is -0.120. The van der Waals surface area contributed by atoms with E-state index in [0.29, 0.717) is 28.4 Å². The van der Waals surface area contributed by atoms with Gasteiger partial charge in [0.2, 0.25) is 5.91 Å². The maximum Gasteiger partial charge on any atom is 0.407 e. The second kappa shape index (κ2) is 7.55. The van der Waals surface area contributed by atoms with Gasteiger partial charge >= 0.3 is 6.09 Å². The Bertz CT molecular complexity index is 981. The minimum Gasteiger partial charge on any atom is -0.452 e. The molecular weight excluding hydrogens is 399 g/mol. The maximum absolute atomic E-state index is 14.7. The third-order valence-electron chi connectivity index (χ3n) is 4.95. The van der Waals surface area contributed by atoms with Crippen LogP contribution >= 0.6 is 11.6 Å². The average molecular weight is 419 g/mol. The molecule has 1 fully saturated rings. The van der Waals surface area contributed by atoms with Gasteiger partial charge in [-0.3, -0.25) is 9.69 Å². The van der Waals surface area contributed by atoms with Gasteiger partial charge in [0.15, 0.2) is 17.3 Å². The lowest BCUT2D eigenvalue weighted by atomic mass is 9.89. The molecule has 0 saturated carbocycles. The van der Waals surface area contributed by atoms with Crippen molar-refractivity contribution in [3.63, 3.8) is 0 Å². The Morgan fingerprint density at radius 3 is 2.90 bits per heavy atom. The highest BCUT2D eigenvalue weighted by Crippen LogP contribution is 2.49. The summed E-state index contributed by atoms with van der Waals surface area (Å²) >= 11 is 6.17. The predicted molar refractivity (Wildman–Crippen MR) is 106 cm³/mol. The first-order chi connectivity index (χ1) is 13.8. The fourth-order valence-electron chi connectivity index (χ4n) is 3.82. The summed E-state index contributed by atoms with van der Waals surface area (Å²) in [5.74, 6) is -0.356. The fraction of sp³-hybridized carbons (Fsp3) is 0.333. The van der Waals surface area contributed by atoms with Crippen LogP contribution in [0.4, 0.5) is 14.9 Å². The van der Waals surface area contributed by atoms with Gasteiger partial charge in [-0.05, 0) is 44.5 Å². The summed E-state index contributed by atoms with van der Waals surface area (Å²) in [6.45, 7) is 3.50. The molecule has 2 atom stereocenters. The van der Waals surface area contributed by atoms with E-state index in [0.717, 1.165) is 0 Å². The van der Waals surface area contributed by atoms with Crippen molar-refractivity contribution in [1.29, 1.82) is 0 Å². The Balaban J connectivity index is 1.85. The van der Waals surface area contributed by atoms with Crippen LogP contribution in [0.2, 0.25) is 5.02 Å². The maximum atomic E-state index is 14.7. The Hall–Kier alpha value is -2.80. The van der Waals surface area contributed by atoms with Crippen LogP contribution in [0.3, 0.4) is 0 Å². The Kier molecular flexibility index (Phi) is 5.08. The van der Waals surface area contributed by atoms with E-state index in [9.17, 15) is 14.0 Å². The minimum absolute atomic E-state index is 0.0299. The number of piperidine rings is 1. The van der Waals surface area contributed by atoms with Crippen molar-refractivity contribution in [3.05, 3.63) is 52.8 Å². The molecule has 4 rings (SSSR count). The van der Waals surface area contributed by atoms with E-state index >= 15 is 0 Å². The monoisotopic (exact) mass is 418 g/mol. The molecule has 2 aliphatic rings. The van der Waals surface area contributed by atoms with E-state index in [-0.39, 0.29) is 24.2 Å². The number of hydrogen-bond acceptors (Lipinski definition) is 4. The van der Waals surface area contributed by atoms with Crippen molar-refractivity contribution in [3.8, 4) is 11.5 Å². The van der Waals surface area contributed by atoms with Gasteiger partial charge in [0.05, 0.1) is 23.9 Å². The number of ether oxygens (including phenoxy) is 2. The number of amides is 2. The zero-order valence-electron chi connectivity index (χ0n) is 15.9. The molecule has 0 bridgehead atoms. The van der Waals surface area contributed by atoms with Crippen LogP contribution in [0.15, 0.2) is 36.4 Å². The standard InChI is InChI=1S/C21H20ClFN2O4/c1-11(2)28-21(27)24-15-7-9-18(26)25-16-10-12(22)6-8-17(16)29-20-13(19(15)25)4-3-5-14(20)23/h3-6,8,10-11,15,19H,7,9H2,1-2H3,(H,24,27)/t15-,19-/m0/s1. The van der Waals surface area contributed by atoms with Gasteiger partial charge in [0, 0.05) is 17.0 Å². The zero-order chi connectivity index (χ0) is 20.7. The smallest absolute Gasteiger partial charge is 0.407 e. The average Bonchev–Trinajstić information content (AvgIpc) is 2.79. The number of carbonyl (C=O) groups is 2. The zero-order valence-corrected chi connectivity index (χ0v) is 16.7. The molecule has 0 aromatic heterocycles. The molecule has 0 radical (unpaired) electrons. The van der Waals surface area contributed by atoms with E-state index in [2.05, 4.69) is 5.32 Å². The van der Waals surface area contributed by atoms with Gasteiger partial charge < -0.3 is 14.8 Å². The number of anilines is 1. The summed E-state index contributed by atoms with van der Waals surface area (Å²) in [4.78, 5) is 26.8. The first-order valence-electron chi connectivity index (χ1n) is 9.40. The normalized spacial score (nSPS) is 20.2. The number of benzene rings is 2. The van der Waals surface area contributed by atoms with Crippen LogP contribution < -0.4 is 15.0 Å². The summed E-state index contributed by atoms with van der Waals surface area (Å²) in [5, 5.41) is 3.25. The number of nitrogens with zero attached hydrogens (tertiary/aromatic N) is 1. The van der Waals surface area contributed by atoms with E-state index in [1.165, 1.54) is 11.0 Å². The molecule has 6 nitrogen and oxygen atoms in total. The van der Waals surface area contributed by atoms with Crippen LogP contribution in [0.25, 0.3) is 0 Å². The number of para-hydroxylation sites is 1. The Morgan fingerprint density at radius 2 is 2.14 bits per heavy atom. The van der Waals surface area contributed by atoms with Crippen LogP contribution in [0.1, 0.15) is 38.3 Å². The summed E-state index contributed by atoms with van der Waals surface area (Å²) in [5.41, 5.74) is 0.909. The third-order valence-corrected chi connectivity index (χ3v) is 5.19. The van der Waals surface area contributed by atoms with E-state index in [4.69, 9.17) is 21.1 Å². The first-order valence-corrected chi connectivity index (χ1v) is 9.78. The van der Waals surface area contributed by atoms with Gasteiger partial charge in [-0.2, -0.15) is 0 Å². The second-order valence-corrected chi connectivity index (χ2v) is 7.76. The quantitative estimate of drug-likeness (QED) is 0.748. The molecule has 2 aromatic rings. The summed E-state index contributed by atoms with van der Waals surface area (Å²) < 4.78 is 25.8. The van der Waals surface area contributed by atoms with Crippen LogP contribution in [-0.2, 0) is 9.53 Å². The SMILES string of the molecule is CC(C)OC(=O)N[C@H]1CCC(=O)N2c3cc(Cl)ccc3Oc3c(F)cccc3[C@@H]12. The molecule has 2 aliphatic heterocycles. The van der Waals surface area contributed by atoms with Gasteiger partial charge in [0.1, 0.15) is 0 Å². The molecule has 2 heterocycles. The number of fused-ring (bicyclic) bond motifs is 5. The van der Waals surface area contributed by atoms with Gasteiger partial charge in [0.25, 0.3) is 0 Å². The first kappa shape index (κ1) is 19.5. The molecule has 0 spiro atoms. The van der Waals surface area contributed by atoms with Crippen molar-refractivity contribution in [1.82, 2.24) is 5.32 Å². The molecule has 2 amide bonds. The van der Waals surface area contributed by atoms with Crippen molar-refractivity contribution < 1.29 is 23.5 Å². The van der Waals surface area contributed by atoms with Crippen LogP contribution in [0.5, 0.6) is 11.5 Å². The van der Waals surface area contributed by atoms with Gasteiger partial charge in [-0.1, -0.05) is 23.7 Å². The Morgan fingerprint density at radius 1 is 1.34 bits per heavy atom. The van der Waals surface area contributed by atoms with Gasteiger partial charge in [-0.15, -0.1) is 0 Å². The number of nitrogens with one attached hydrogen (secondary N) is 1.